The van der Waals surface area contributed by atoms with Gasteiger partial charge in [-0.15, -0.1) is 0 Å². The molecule has 0 saturated heterocycles. The molecule has 0 atom stereocenters. The van der Waals surface area contributed by atoms with Crippen LogP contribution in [0, 0.1) is 0 Å². The molecule has 3 heteroatoms. The average molecular weight is 212 g/mol. The van der Waals surface area contributed by atoms with Crippen LogP contribution in [0.2, 0.25) is 0 Å². The number of benzene rings is 1. The Hall–Kier alpha value is -1.87. The minimum Gasteiger partial charge on any atom is -0.383 e. The van der Waals surface area contributed by atoms with Crippen LogP contribution in [0.4, 0.5) is 5.82 Å². The van der Waals surface area contributed by atoms with E-state index < -0.39 is 0 Å². The number of nitrogens with zero attached hydrogens (tertiary/aromatic N) is 1. The molecule has 2 aromatic rings. The van der Waals surface area contributed by atoms with Crippen molar-refractivity contribution in [1.29, 1.82) is 0 Å². The Morgan fingerprint density at radius 2 is 2.00 bits per heavy atom. The Labute approximate surface area is 93.9 Å². The normalized spacial score (nSPS) is 13.8. The van der Waals surface area contributed by atoms with E-state index in [4.69, 9.17) is 10.5 Å². The third-order valence-corrected chi connectivity index (χ3v) is 2.87. The molecule has 2 heterocycles. The van der Waals surface area contributed by atoms with Crippen molar-refractivity contribution in [3.05, 3.63) is 47.7 Å². The first-order chi connectivity index (χ1) is 7.84. The molecule has 16 heavy (non-hydrogen) atoms. The van der Waals surface area contributed by atoms with Crippen molar-refractivity contribution in [2.75, 3.05) is 5.73 Å². The van der Waals surface area contributed by atoms with E-state index >= 15 is 0 Å². The monoisotopic (exact) mass is 212 g/mol. The van der Waals surface area contributed by atoms with Crippen LogP contribution in [0.3, 0.4) is 0 Å². The maximum Gasteiger partial charge on any atom is 0.131 e. The molecule has 1 aliphatic rings. The van der Waals surface area contributed by atoms with Crippen molar-refractivity contribution in [2.24, 2.45) is 0 Å². The van der Waals surface area contributed by atoms with Crippen LogP contribution >= 0.6 is 0 Å². The molecule has 2 N–H and O–H groups in total. The number of hydrogen-bond donors (Lipinski definition) is 1. The standard InChI is InChI=1S/C13H12N2O/c14-13-12(2-1-5-15-13)9-3-4-10-7-16-8-11(10)6-9/h1-6H,7-8H2,(H2,14,15). The Kier molecular flexibility index (Phi) is 2.11. The molecule has 1 aliphatic heterocycles. The minimum atomic E-state index is 0.571. The number of rotatable bonds is 1. The van der Waals surface area contributed by atoms with Gasteiger partial charge in [-0.1, -0.05) is 12.1 Å². The van der Waals surface area contributed by atoms with Crippen molar-refractivity contribution in [2.45, 2.75) is 13.2 Å². The van der Waals surface area contributed by atoms with Crippen molar-refractivity contribution in [1.82, 2.24) is 4.98 Å². The predicted octanol–water partition coefficient (Wildman–Crippen LogP) is 2.36. The molecule has 0 unspecified atom stereocenters. The number of ether oxygens (including phenoxy) is 1. The summed E-state index contributed by atoms with van der Waals surface area (Å²) in [7, 11) is 0. The third kappa shape index (κ3) is 1.46. The van der Waals surface area contributed by atoms with Crippen molar-refractivity contribution in [3.8, 4) is 11.1 Å². The molecule has 0 saturated carbocycles. The molecule has 0 fully saturated rings. The Balaban J connectivity index is 2.11. The lowest BCUT2D eigenvalue weighted by molar-refractivity contribution is 0.134. The lowest BCUT2D eigenvalue weighted by atomic mass is 10.0. The molecule has 0 spiro atoms. The van der Waals surface area contributed by atoms with E-state index in [-0.39, 0.29) is 0 Å². The van der Waals surface area contributed by atoms with Crippen molar-refractivity contribution in [3.63, 3.8) is 0 Å². The summed E-state index contributed by atoms with van der Waals surface area (Å²) in [5.74, 6) is 0.571. The fourth-order valence-electron chi connectivity index (χ4n) is 2.00. The highest BCUT2D eigenvalue weighted by Gasteiger charge is 2.12. The van der Waals surface area contributed by atoms with Crippen LogP contribution in [-0.2, 0) is 18.0 Å². The van der Waals surface area contributed by atoms with Crippen LogP contribution < -0.4 is 5.73 Å². The quantitative estimate of drug-likeness (QED) is 0.789. The van der Waals surface area contributed by atoms with Gasteiger partial charge in [0.15, 0.2) is 0 Å². The van der Waals surface area contributed by atoms with Gasteiger partial charge in [-0.05, 0) is 34.9 Å². The topological polar surface area (TPSA) is 48.1 Å². The van der Waals surface area contributed by atoms with Crippen LogP contribution in [0.15, 0.2) is 36.5 Å². The molecule has 0 aliphatic carbocycles. The van der Waals surface area contributed by atoms with Gasteiger partial charge in [0.05, 0.1) is 13.2 Å². The van der Waals surface area contributed by atoms with Gasteiger partial charge in [0, 0.05) is 11.8 Å². The summed E-state index contributed by atoms with van der Waals surface area (Å²) in [6.45, 7) is 1.42. The van der Waals surface area contributed by atoms with Crippen LogP contribution in [0.5, 0.6) is 0 Å². The SMILES string of the molecule is Nc1ncccc1-c1ccc2c(c1)COC2. The van der Waals surface area contributed by atoms with Crippen LogP contribution in [-0.4, -0.2) is 4.98 Å². The Morgan fingerprint density at radius 3 is 2.88 bits per heavy atom. The van der Waals surface area contributed by atoms with E-state index in [1.165, 1.54) is 11.1 Å². The van der Waals surface area contributed by atoms with Crippen molar-refractivity contribution < 1.29 is 4.74 Å². The molecule has 1 aromatic heterocycles. The van der Waals surface area contributed by atoms with Gasteiger partial charge in [0.2, 0.25) is 0 Å². The zero-order valence-electron chi connectivity index (χ0n) is 8.81. The smallest absolute Gasteiger partial charge is 0.131 e. The van der Waals surface area contributed by atoms with Gasteiger partial charge in [-0.3, -0.25) is 0 Å². The fourth-order valence-corrected chi connectivity index (χ4v) is 2.00. The number of pyridine rings is 1. The molecule has 3 nitrogen and oxygen atoms in total. The van der Waals surface area contributed by atoms with E-state index in [1.807, 2.05) is 12.1 Å². The summed E-state index contributed by atoms with van der Waals surface area (Å²) in [6.07, 6.45) is 1.70. The molecule has 0 bridgehead atoms. The summed E-state index contributed by atoms with van der Waals surface area (Å²) < 4.78 is 5.39. The fraction of sp³-hybridized carbons (Fsp3) is 0.154. The summed E-state index contributed by atoms with van der Waals surface area (Å²) >= 11 is 0. The van der Waals surface area contributed by atoms with E-state index in [0.29, 0.717) is 12.4 Å². The predicted molar refractivity (Wildman–Crippen MR) is 62.6 cm³/mol. The zero-order valence-corrected chi connectivity index (χ0v) is 8.81. The van der Waals surface area contributed by atoms with E-state index in [9.17, 15) is 0 Å². The number of aromatic nitrogens is 1. The molecular weight excluding hydrogens is 200 g/mol. The molecule has 3 rings (SSSR count). The van der Waals surface area contributed by atoms with Crippen LogP contribution in [0.1, 0.15) is 11.1 Å². The first-order valence-corrected chi connectivity index (χ1v) is 5.25. The highest BCUT2D eigenvalue weighted by molar-refractivity contribution is 5.74. The molecule has 0 radical (unpaired) electrons. The largest absolute Gasteiger partial charge is 0.383 e. The minimum absolute atomic E-state index is 0.571. The second-order valence-electron chi connectivity index (χ2n) is 3.91. The summed E-state index contributed by atoms with van der Waals surface area (Å²) in [5, 5.41) is 0. The Morgan fingerprint density at radius 1 is 1.12 bits per heavy atom. The Bertz CT molecular complexity index is 537. The molecule has 0 amide bonds. The second-order valence-corrected chi connectivity index (χ2v) is 3.91. The summed E-state index contributed by atoms with van der Waals surface area (Å²) in [6, 6.07) is 10.2. The second kappa shape index (κ2) is 3.61. The summed E-state index contributed by atoms with van der Waals surface area (Å²) in [5.41, 5.74) is 10.5. The van der Waals surface area contributed by atoms with E-state index in [0.717, 1.165) is 17.7 Å². The molecular formula is C13H12N2O. The number of hydrogen-bond acceptors (Lipinski definition) is 3. The van der Waals surface area contributed by atoms with Crippen molar-refractivity contribution >= 4 is 5.82 Å². The number of nitrogens with two attached hydrogens (primary N) is 1. The maximum atomic E-state index is 5.86. The molecule has 80 valence electrons. The zero-order chi connectivity index (χ0) is 11.0. The maximum absolute atomic E-state index is 5.86. The van der Waals surface area contributed by atoms with E-state index in [2.05, 4.69) is 23.2 Å². The summed E-state index contributed by atoms with van der Waals surface area (Å²) in [4.78, 5) is 4.10. The first kappa shape index (κ1) is 9.36. The number of anilines is 1. The number of fused-ring (bicyclic) bond motifs is 1. The van der Waals surface area contributed by atoms with Gasteiger partial charge in [0.25, 0.3) is 0 Å². The van der Waals surface area contributed by atoms with Gasteiger partial charge < -0.3 is 10.5 Å². The first-order valence-electron chi connectivity index (χ1n) is 5.25. The highest BCUT2D eigenvalue weighted by Crippen LogP contribution is 2.28. The van der Waals surface area contributed by atoms with Gasteiger partial charge in [-0.25, -0.2) is 4.98 Å². The van der Waals surface area contributed by atoms with Crippen LogP contribution in [0.25, 0.3) is 11.1 Å². The number of nitrogen functional groups attached to an aromatic ring is 1. The van der Waals surface area contributed by atoms with Gasteiger partial charge in [-0.2, -0.15) is 0 Å². The van der Waals surface area contributed by atoms with Gasteiger partial charge in [0.1, 0.15) is 5.82 Å². The lowest BCUT2D eigenvalue weighted by Crippen LogP contribution is -1.93. The average Bonchev–Trinajstić information content (AvgIpc) is 2.76. The highest BCUT2D eigenvalue weighted by atomic mass is 16.5. The third-order valence-electron chi connectivity index (χ3n) is 2.87. The van der Waals surface area contributed by atoms with E-state index in [1.54, 1.807) is 6.20 Å². The lowest BCUT2D eigenvalue weighted by Gasteiger charge is -2.06. The van der Waals surface area contributed by atoms with Gasteiger partial charge >= 0.3 is 0 Å². The molecule has 1 aromatic carbocycles.